The summed E-state index contributed by atoms with van der Waals surface area (Å²) in [5.74, 6) is -1.37. The topological polar surface area (TPSA) is 99.5 Å². The Morgan fingerprint density at radius 2 is 1.97 bits per heavy atom. The second kappa shape index (κ2) is 8.74. The normalized spacial score (nSPS) is 11.7. The molecule has 2 heterocycles. The second-order valence-corrected chi connectivity index (χ2v) is 6.60. The molecule has 0 fully saturated rings. The van der Waals surface area contributed by atoms with Gasteiger partial charge in [0.05, 0.1) is 17.7 Å². The van der Waals surface area contributed by atoms with E-state index in [0.29, 0.717) is 27.3 Å². The number of halogens is 1. The summed E-state index contributed by atoms with van der Waals surface area (Å²) in [5.41, 5.74) is 1.02. The van der Waals surface area contributed by atoms with Gasteiger partial charge in [-0.2, -0.15) is 0 Å². The molecule has 0 aliphatic carbocycles. The van der Waals surface area contributed by atoms with Gasteiger partial charge in [-0.1, -0.05) is 29.8 Å². The standard InChI is InChI=1S/C20H18ClN3O5/c1-12(19(26)23-17-8-7-13(21)9-22-17)29-18(25)11-24-10-15(20(27)28-2)14-5-3-4-6-16(14)24/h3-10,12H,11H2,1-2H3,(H,22,23,26)/t12-/m1/s1. The zero-order chi connectivity index (χ0) is 21.0. The molecule has 150 valence electrons. The summed E-state index contributed by atoms with van der Waals surface area (Å²) in [4.78, 5) is 40.5. The van der Waals surface area contributed by atoms with Gasteiger partial charge in [0.1, 0.15) is 12.4 Å². The number of nitrogens with zero attached hydrogens (tertiary/aromatic N) is 2. The minimum absolute atomic E-state index is 0.172. The Morgan fingerprint density at radius 3 is 2.66 bits per heavy atom. The van der Waals surface area contributed by atoms with Gasteiger partial charge in [-0.25, -0.2) is 9.78 Å². The second-order valence-electron chi connectivity index (χ2n) is 6.16. The molecular formula is C20H18ClN3O5. The van der Waals surface area contributed by atoms with Gasteiger partial charge in [-0.15, -0.1) is 0 Å². The Labute approximate surface area is 171 Å². The van der Waals surface area contributed by atoms with Crippen LogP contribution in [0.15, 0.2) is 48.8 Å². The molecular weight excluding hydrogens is 398 g/mol. The number of amides is 1. The number of hydrogen-bond donors (Lipinski definition) is 1. The summed E-state index contributed by atoms with van der Waals surface area (Å²) in [7, 11) is 1.29. The number of aromatic nitrogens is 2. The average Bonchev–Trinajstić information content (AvgIpc) is 3.07. The lowest BCUT2D eigenvalue weighted by atomic mass is 10.2. The fourth-order valence-corrected chi connectivity index (χ4v) is 2.87. The molecule has 0 bridgehead atoms. The number of esters is 2. The molecule has 1 amide bonds. The number of pyridine rings is 1. The van der Waals surface area contributed by atoms with Gasteiger partial charge < -0.3 is 19.4 Å². The number of carbonyl (C=O) groups is 3. The van der Waals surface area contributed by atoms with Crippen LogP contribution in [-0.4, -0.2) is 40.6 Å². The van der Waals surface area contributed by atoms with Crippen LogP contribution in [0.2, 0.25) is 5.02 Å². The molecule has 0 saturated heterocycles. The number of rotatable bonds is 6. The van der Waals surface area contributed by atoms with E-state index in [9.17, 15) is 14.4 Å². The fourth-order valence-electron chi connectivity index (χ4n) is 2.75. The van der Waals surface area contributed by atoms with Crippen molar-refractivity contribution in [3.8, 4) is 0 Å². The van der Waals surface area contributed by atoms with Crippen molar-refractivity contribution in [3.05, 3.63) is 59.4 Å². The van der Waals surface area contributed by atoms with E-state index in [1.165, 1.54) is 32.5 Å². The number of anilines is 1. The Morgan fingerprint density at radius 1 is 1.21 bits per heavy atom. The van der Waals surface area contributed by atoms with Crippen molar-refractivity contribution >= 4 is 46.2 Å². The molecule has 0 aliphatic rings. The summed E-state index contributed by atoms with van der Waals surface area (Å²) in [6.45, 7) is 1.28. The molecule has 29 heavy (non-hydrogen) atoms. The number of carbonyl (C=O) groups excluding carboxylic acids is 3. The van der Waals surface area contributed by atoms with Crippen LogP contribution in [0.3, 0.4) is 0 Å². The largest absolute Gasteiger partial charge is 0.465 e. The molecule has 0 unspecified atom stereocenters. The number of ether oxygens (including phenoxy) is 2. The third-order valence-corrected chi connectivity index (χ3v) is 4.37. The van der Waals surface area contributed by atoms with E-state index in [0.717, 1.165) is 0 Å². The highest BCUT2D eigenvalue weighted by Crippen LogP contribution is 2.22. The molecule has 8 nitrogen and oxygen atoms in total. The quantitative estimate of drug-likeness (QED) is 0.621. The Balaban J connectivity index is 1.68. The molecule has 1 N–H and O–H groups in total. The van der Waals surface area contributed by atoms with Crippen LogP contribution < -0.4 is 5.32 Å². The van der Waals surface area contributed by atoms with Crippen LogP contribution in [0.4, 0.5) is 5.82 Å². The predicted molar refractivity (Wildman–Crippen MR) is 107 cm³/mol. The van der Waals surface area contributed by atoms with Crippen LogP contribution >= 0.6 is 11.6 Å². The SMILES string of the molecule is COC(=O)c1cn(CC(=O)O[C@H](C)C(=O)Nc2ccc(Cl)cn2)c2ccccc12. The first kappa shape index (κ1) is 20.3. The number of fused-ring (bicyclic) bond motifs is 1. The summed E-state index contributed by atoms with van der Waals surface area (Å²) in [6.07, 6.45) is 1.88. The smallest absolute Gasteiger partial charge is 0.340 e. The molecule has 0 spiro atoms. The van der Waals surface area contributed by atoms with E-state index in [-0.39, 0.29) is 6.54 Å². The van der Waals surface area contributed by atoms with E-state index >= 15 is 0 Å². The van der Waals surface area contributed by atoms with Crippen molar-refractivity contribution < 1.29 is 23.9 Å². The molecule has 1 atom stereocenters. The van der Waals surface area contributed by atoms with Crippen molar-refractivity contribution in [2.75, 3.05) is 12.4 Å². The molecule has 2 aromatic heterocycles. The Hall–Kier alpha value is -3.39. The molecule has 0 radical (unpaired) electrons. The molecule has 9 heteroatoms. The third kappa shape index (κ3) is 4.72. The number of para-hydroxylation sites is 1. The van der Waals surface area contributed by atoms with Crippen molar-refractivity contribution in [1.82, 2.24) is 9.55 Å². The molecule has 3 aromatic rings. The number of nitrogens with one attached hydrogen (secondary N) is 1. The molecule has 0 saturated carbocycles. The van der Waals surface area contributed by atoms with Gasteiger partial charge in [0.25, 0.3) is 5.91 Å². The minimum atomic E-state index is -1.04. The fraction of sp³-hybridized carbons (Fsp3) is 0.200. The summed E-state index contributed by atoms with van der Waals surface area (Å²) in [6, 6.07) is 10.2. The summed E-state index contributed by atoms with van der Waals surface area (Å²) in [5, 5.41) is 3.64. The van der Waals surface area contributed by atoms with Crippen molar-refractivity contribution in [1.29, 1.82) is 0 Å². The van der Waals surface area contributed by atoms with Gasteiger partial charge >= 0.3 is 11.9 Å². The zero-order valence-corrected chi connectivity index (χ0v) is 16.5. The number of methoxy groups -OCH3 is 1. The van der Waals surface area contributed by atoms with Crippen LogP contribution in [0.5, 0.6) is 0 Å². The predicted octanol–water partition coefficient (Wildman–Crippen LogP) is 3.05. The number of hydrogen-bond acceptors (Lipinski definition) is 6. The lowest BCUT2D eigenvalue weighted by Crippen LogP contribution is -2.31. The summed E-state index contributed by atoms with van der Waals surface area (Å²) < 4.78 is 11.6. The minimum Gasteiger partial charge on any atom is -0.465 e. The maximum absolute atomic E-state index is 12.3. The van der Waals surface area contributed by atoms with E-state index in [4.69, 9.17) is 21.1 Å². The summed E-state index contributed by atoms with van der Waals surface area (Å²) >= 11 is 5.75. The Bertz CT molecular complexity index is 1060. The molecule has 1 aromatic carbocycles. The van der Waals surface area contributed by atoms with Crippen molar-refractivity contribution in [2.24, 2.45) is 0 Å². The highest BCUT2D eigenvalue weighted by molar-refractivity contribution is 6.30. The maximum atomic E-state index is 12.3. The first-order valence-electron chi connectivity index (χ1n) is 8.67. The van der Waals surface area contributed by atoms with Crippen LogP contribution in [0.25, 0.3) is 10.9 Å². The third-order valence-electron chi connectivity index (χ3n) is 4.15. The van der Waals surface area contributed by atoms with Crippen molar-refractivity contribution in [3.63, 3.8) is 0 Å². The first-order chi connectivity index (χ1) is 13.9. The zero-order valence-electron chi connectivity index (χ0n) is 15.7. The van der Waals surface area contributed by atoms with Gasteiger partial charge in [-0.05, 0) is 25.1 Å². The van der Waals surface area contributed by atoms with Crippen molar-refractivity contribution in [2.45, 2.75) is 19.6 Å². The highest BCUT2D eigenvalue weighted by Gasteiger charge is 2.21. The lowest BCUT2D eigenvalue weighted by molar-refractivity contribution is -0.153. The first-order valence-corrected chi connectivity index (χ1v) is 9.05. The van der Waals surface area contributed by atoms with E-state index < -0.39 is 23.9 Å². The van der Waals surface area contributed by atoms with Gasteiger partial charge in [0.2, 0.25) is 0 Å². The van der Waals surface area contributed by atoms with Gasteiger partial charge in [-0.3, -0.25) is 9.59 Å². The monoisotopic (exact) mass is 415 g/mol. The van der Waals surface area contributed by atoms with E-state index in [1.54, 1.807) is 34.9 Å². The number of benzene rings is 1. The van der Waals surface area contributed by atoms with Crippen LogP contribution in [0, 0.1) is 0 Å². The molecule has 3 rings (SSSR count). The van der Waals surface area contributed by atoms with Crippen LogP contribution in [0.1, 0.15) is 17.3 Å². The lowest BCUT2D eigenvalue weighted by Gasteiger charge is -2.13. The van der Waals surface area contributed by atoms with Crippen LogP contribution in [-0.2, 0) is 25.6 Å². The highest BCUT2D eigenvalue weighted by atomic mass is 35.5. The van der Waals surface area contributed by atoms with E-state index in [2.05, 4.69) is 10.3 Å². The maximum Gasteiger partial charge on any atom is 0.340 e. The van der Waals surface area contributed by atoms with E-state index in [1.807, 2.05) is 0 Å². The molecule has 0 aliphatic heterocycles. The Kier molecular flexibility index (Phi) is 6.13. The average molecular weight is 416 g/mol. The van der Waals surface area contributed by atoms with Gasteiger partial charge in [0.15, 0.2) is 6.10 Å². The van der Waals surface area contributed by atoms with Gasteiger partial charge in [0, 0.05) is 23.3 Å².